The average molecular weight is 1280 g/mol. The van der Waals surface area contributed by atoms with Gasteiger partial charge in [0, 0.05) is 62.0 Å². The van der Waals surface area contributed by atoms with E-state index in [4.69, 9.17) is 9.47 Å². The maximum absolute atomic E-state index is 12.3. The molecule has 0 bridgehead atoms. The van der Waals surface area contributed by atoms with Crippen LogP contribution in [0.3, 0.4) is 0 Å². The summed E-state index contributed by atoms with van der Waals surface area (Å²) in [6.45, 7) is 69.0. The number of alkyl halides is 2. The number of pyridine rings is 1. The van der Waals surface area contributed by atoms with Gasteiger partial charge in [-0.1, -0.05) is 238 Å². The molecule has 0 N–H and O–H groups in total. The predicted octanol–water partition coefficient (Wildman–Crippen LogP) is 23.5. The van der Waals surface area contributed by atoms with Gasteiger partial charge in [0.2, 0.25) is 6.79 Å². The number of hydrogen-bond acceptors (Lipinski definition) is 11. The second kappa shape index (κ2) is 56.4. The monoisotopic (exact) mass is 1280 g/mol. The summed E-state index contributed by atoms with van der Waals surface area (Å²) in [6.07, 6.45) is 14.7. The summed E-state index contributed by atoms with van der Waals surface area (Å²) >= 11 is 0. The van der Waals surface area contributed by atoms with Crippen LogP contribution in [-0.2, 0) is 0 Å². The van der Waals surface area contributed by atoms with Crippen molar-refractivity contribution in [3.8, 4) is 23.0 Å². The molecule has 0 atom stereocenters. The van der Waals surface area contributed by atoms with E-state index in [9.17, 15) is 8.78 Å². The highest BCUT2D eigenvalue weighted by atomic mass is 19.3. The molecule has 2 aliphatic heterocycles. The van der Waals surface area contributed by atoms with Gasteiger partial charge in [-0.05, 0) is 161 Å². The second-order valence-electron chi connectivity index (χ2n) is 27.8. The van der Waals surface area contributed by atoms with Crippen LogP contribution in [0.25, 0.3) is 0 Å². The summed E-state index contributed by atoms with van der Waals surface area (Å²) in [5, 5.41) is 7.07. The van der Waals surface area contributed by atoms with Gasteiger partial charge in [-0.2, -0.15) is 10.2 Å². The molecule has 6 heterocycles. The number of rotatable bonds is 12. The minimum Gasteiger partial charge on any atom is -0.454 e. The Morgan fingerprint density at radius 1 is 0.261 bits per heavy atom. The smallest absolute Gasteiger partial charge is 0.454 e. The molecule has 13 heteroatoms. The lowest BCUT2D eigenvalue weighted by Gasteiger charge is -2.18. The van der Waals surface area contributed by atoms with Gasteiger partial charge in [-0.15, -0.1) is 8.78 Å². The first-order chi connectivity index (χ1) is 43.0. The fourth-order valence-electron chi connectivity index (χ4n) is 7.43. The number of aromatic nitrogens is 7. The Bertz CT molecular complexity index is 1980. The van der Waals surface area contributed by atoms with E-state index in [0.717, 1.165) is 118 Å². The SMILES string of the molecule is CC(C)C(C)C(C)C.CC(C)C(C)C(C)C.CC(C)C(C)C(C)C.CC(C)C(C)C(C)C.CC(C)C(C)C(C)C.CC(C)C(C)C(C)C.FC1(F)Oc2ccccc2O1.c1ccc2c(c1)OCO2.c1ccncc1.c1ccnnc1.c1cnccn1.c1cncnc1. The van der Waals surface area contributed by atoms with E-state index in [1.165, 1.54) is 18.5 Å². The fraction of sp³-hybridized carbons (Fsp3) is 0.633. The summed E-state index contributed by atoms with van der Waals surface area (Å²) in [6, 6.07) is 24.8. The highest BCUT2D eigenvalue weighted by Gasteiger charge is 2.43. The minimum atomic E-state index is -3.50. The number of para-hydroxylation sites is 4. The van der Waals surface area contributed by atoms with E-state index in [1.54, 1.807) is 80.2 Å². The van der Waals surface area contributed by atoms with Crippen LogP contribution in [0.4, 0.5) is 8.78 Å². The van der Waals surface area contributed by atoms with E-state index >= 15 is 0 Å². The molecule has 0 unspecified atom stereocenters. The maximum Gasteiger partial charge on any atom is 0.586 e. The lowest BCUT2D eigenvalue weighted by Crippen LogP contribution is -2.25. The minimum absolute atomic E-state index is 0.0810. The summed E-state index contributed by atoms with van der Waals surface area (Å²) in [5.74, 6) is 17.2. The van der Waals surface area contributed by atoms with Crippen molar-refractivity contribution in [2.45, 2.75) is 214 Å². The van der Waals surface area contributed by atoms with Crippen molar-refractivity contribution in [1.29, 1.82) is 0 Å². The van der Waals surface area contributed by atoms with Crippen LogP contribution in [0, 0.1) is 107 Å². The van der Waals surface area contributed by atoms with Crippen LogP contribution < -0.4 is 18.9 Å². The van der Waals surface area contributed by atoms with E-state index in [-0.39, 0.29) is 11.5 Å². The maximum atomic E-state index is 12.3. The van der Waals surface area contributed by atoms with Gasteiger partial charge < -0.3 is 18.9 Å². The zero-order chi connectivity index (χ0) is 71.4. The number of hydrogen-bond donors (Lipinski definition) is 0. The van der Waals surface area contributed by atoms with E-state index in [0.29, 0.717) is 6.79 Å². The van der Waals surface area contributed by atoms with Gasteiger partial charge in [-0.25, -0.2) is 9.97 Å². The van der Waals surface area contributed by atoms with Crippen molar-refractivity contribution in [3.63, 3.8) is 0 Å². The van der Waals surface area contributed by atoms with Crippen molar-refractivity contribution < 1.29 is 27.7 Å². The van der Waals surface area contributed by atoms with Crippen molar-refractivity contribution in [2.24, 2.45) is 107 Å². The number of halogens is 2. The van der Waals surface area contributed by atoms with Gasteiger partial charge in [0.05, 0.1) is 0 Å². The van der Waals surface area contributed by atoms with Crippen molar-refractivity contribution in [1.82, 2.24) is 35.1 Å². The summed E-state index contributed by atoms with van der Waals surface area (Å²) < 4.78 is 43.0. The molecule has 2 aromatic carbocycles. The lowest BCUT2D eigenvalue weighted by atomic mass is 9.88. The fourth-order valence-corrected chi connectivity index (χ4v) is 7.43. The molecule has 4 aromatic heterocycles. The molecular formula is C79H135F2N7O4. The second-order valence-corrected chi connectivity index (χ2v) is 27.8. The Morgan fingerprint density at radius 3 is 0.620 bits per heavy atom. The molecule has 92 heavy (non-hydrogen) atoms. The Labute approximate surface area is 563 Å². The molecule has 11 nitrogen and oxygen atoms in total. The third-order valence-corrected chi connectivity index (χ3v) is 17.2. The van der Waals surface area contributed by atoms with Crippen LogP contribution in [0.1, 0.15) is 208 Å². The molecule has 0 spiro atoms. The van der Waals surface area contributed by atoms with Gasteiger partial charge in [0.1, 0.15) is 6.33 Å². The molecule has 0 amide bonds. The number of benzene rings is 2. The first kappa shape index (κ1) is 92.3. The van der Waals surface area contributed by atoms with Gasteiger partial charge in [0.25, 0.3) is 0 Å². The molecule has 6 aromatic rings. The number of ether oxygens (including phenoxy) is 4. The van der Waals surface area contributed by atoms with Crippen molar-refractivity contribution in [2.75, 3.05) is 6.79 Å². The van der Waals surface area contributed by atoms with Crippen molar-refractivity contribution in [3.05, 3.63) is 153 Å². The Morgan fingerprint density at radius 2 is 0.478 bits per heavy atom. The van der Waals surface area contributed by atoms with Gasteiger partial charge in [0.15, 0.2) is 23.0 Å². The molecule has 0 aliphatic carbocycles. The van der Waals surface area contributed by atoms with Crippen LogP contribution in [-0.4, -0.2) is 48.2 Å². The summed E-state index contributed by atoms with van der Waals surface area (Å²) in [4.78, 5) is 18.6. The standard InChI is InChI=1S/6C8H18.C7H4F2O2.C7H6O2.C5H5N.3C4H4N2/c6*1-6(2)8(5)7(3)4;8-7(9)10-5-3-1-2-4-6(5)11-7;1-2-4-7-6(3-1)8-5-9-7;1-2-4-6-5-3-1;1-2-6-4-3-5-1;1-2-5-4-6-3-1;1-2-4-6-5-3-1/h6*6-8H,1-5H3;1-4H;1-4H,5H2;1-5H;3*1-4H. The molecule has 8 rings (SSSR count). The highest BCUT2D eigenvalue weighted by Crippen LogP contribution is 2.40. The molecule has 0 radical (unpaired) electrons. The number of nitrogens with zero attached hydrogens (tertiary/aromatic N) is 7. The molecule has 0 saturated heterocycles. The van der Waals surface area contributed by atoms with Gasteiger partial charge in [-0.3, -0.25) is 15.0 Å². The van der Waals surface area contributed by atoms with E-state index in [2.05, 4.69) is 252 Å². The zero-order valence-corrected chi connectivity index (χ0v) is 63.6. The van der Waals surface area contributed by atoms with Crippen LogP contribution in [0.15, 0.2) is 153 Å². The van der Waals surface area contributed by atoms with Crippen LogP contribution >= 0.6 is 0 Å². The molecule has 524 valence electrons. The third-order valence-electron chi connectivity index (χ3n) is 17.2. The topological polar surface area (TPSA) is 127 Å². The van der Waals surface area contributed by atoms with E-state index in [1.807, 2.05) is 54.6 Å². The van der Waals surface area contributed by atoms with Crippen molar-refractivity contribution >= 4 is 0 Å². The first-order valence-corrected chi connectivity index (χ1v) is 34.1. The molecule has 0 saturated carbocycles. The van der Waals surface area contributed by atoms with E-state index < -0.39 is 6.29 Å². The Hall–Kier alpha value is -6.11. The predicted molar refractivity (Wildman–Crippen MR) is 389 cm³/mol. The highest BCUT2D eigenvalue weighted by molar-refractivity contribution is 5.42. The molecule has 0 fully saturated rings. The molecular weight excluding hydrogens is 1150 g/mol. The van der Waals surface area contributed by atoms with Gasteiger partial charge >= 0.3 is 6.29 Å². The van der Waals surface area contributed by atoms with Crippen LogP contribution in [0.5, 0.6) is 23.0 Å². The quantitative estimate of drug-likeness (QED) is 0.116. The normalized spacial score (nSPS) is 11.9. The Kier molecular flexibility index (Phi) is 56.6. The van der Waals surface area contributed by atoms with Crippen LogP contribution in [0.2, 0.25) is 0 Å². The largest absolute Gasteiger partial charge is 0.586 e. The summed E-state index contributed by atoms with van der Waals surface area (Å²) in [5.41, 5.74) is 0. The Balaban J connectivity index is -0.000000461. The zero-order valence-electron chi connectivity index (χ0n) is 63.6. The lowest BCUT2D eigenvalue weighted by molar-refractivity contribution is -0.286. The first-order valence-electron chi connectivity index (χ1n) is 34.1. The average Bonchev–Trinajstić information content (AvgIpc) is 1.70. The summed E-state index contributed by atoms with van der Waals surface area (Å²) in [7, 11) is 0. The number of fused-ring (bicyclic) bond motifs is 2. The molecule has 2 aliphatic rings. The third kappa shape index (κ3) is 53.4.